The Morgan fingerprint density at radius 1 is 1.00 bits per heavy atom. The molecule has 0 bridgehead atoms. The molecule has 4 rings (SSSR count). The van der Waals surface area contributed by atoms with Crippen molar-refractivity contribution in [2.24, 2.45) is 0 Å². The number of thiocarbonyl (C=S) groups is 1. The maximum Gasteiger partial charge on any atom is 0.245 e. The molecule has 0 spiro atoms. The van der Waals surface area contributed by atoms with Gasteiger partial charge in [-0.2, -0.15) is 0 Å². The molecule has 0 radical (unpaired) electrons. The largest absolute Gasteiger partial charge is 0.496 e. The van der Waals surface area contributed by atoms with Gasteiger partial charge in [-0.25, -0.2) is 0 Å². The minimum Gasteiger partial charge on any atom is -0.496 e. The first-order valence-corrected chi connectivity index (χ1v) is 13.7. The van der Waals surface area contributed by atoms with Gasteiger partial charge in [-0.1, -0.05) is 78.9 Å². The third-order valence-corrected chi connectivity index (χ3v) is 7.35. The summed E-state index contributed by atoms with van der Waals surface area (Å²) in [6.07, 6.45) is 1.93. The lowest BCUT2D eigenvalue weighted by Crippen LogP contribution is -2.55. The third kappa shape index (κ3) is 7.57. The fourth-order valence-electron chi connectivity index (χ4n) is 4.92. The highest BCUT2D eigenvalue weighted by Gasteiger charge is 2.35. The fraction of sp³-hybridized carbons (Fsp3) is 0.323. The molecule has 8 heteroatoms. The first-order chi connectivity index (χ1) is 19.0. The van der Waals surface area contributed by atoms with Crippen molar-refractivity contribution < 1.29 is 14.3 Å². The monoisotopic (exact) mass is 544 g/mol. The number of rotatable bonds is 10. The molecule has 1 saturated heterocycles. The lowest BCUT2D eigenvalue weighted by atomic mass is 10.0. The Bertz CT molecular complexity index is 1250. The second-order valence-corrected chi connectivity index (χ2v) is 10.1. The summed E-state index contributed by atoms with van der Waals surface area (Å²) in [5.41, 5.74) is 3.01. The van der Waals surface area contributed by atoms with Crippen LogP contribution in [0.3, 0.4) is 0 Å². The van der Waals surface area contributed by atoms with E-state index < -0.39 is 12.1 Å². The van der Waals surface area contributed by atoms with Gasteiger partial charge in [0.1, 0.15) is 17.8 Å². The van der Waals surface area contributed by atoms with Crippen molar-refractivity contribution in [1.29, 1.82) is 0 Å². The number of carbonyl (C=O) groups is 2. The zero-order valence-corrected chi connectivity index (χ0v) is 23.3. The van der Waals surface area contributed by atoms with Crippen LogP contribution in [0.4, 0.5) is 0 Å². The Kier molecular flexibility index (Phi) is 9.91. The molecule has 7 nitrogen and oxygen atoms in total. The average Bonchev–Trinajstić information content (AvgIpc) is 3.47. The molecule has 0 unspecified atom stereocenters. The highest BCUT2D eigenvalue weighted by molar-refractivity contribution is 7.80. The van der Waals surface area contributed by atoms with E-state index in [1.54, 1.807) is 19.1 Å². The summed E-state index contributed by atoms with van der Waals surface area (Å²) in [5, 5.41) is 6.87. The number of likely N-dealkylation sites (N-methyl/N-ethyl adjacent to an activating group) is 1. The molecule has 0 aliphatic carbocycles. The van der Waals surface area contributed by atoms with Crippen molar-refractivity contribution in [2.75, 3.05) is 20.7 Å². The minimum atomic E-state index is -0.689. The van der Waals surface area contributed by atoms with E-state index in [2.05, 4.69) is 10.6 Å². The highest BCUT2D eigenvalue weighted by atomic mass is 32.1. The Morgan fingerprint density at radius 3 is 2.33 bits per heavy atom. The minimum absolute atomic E-state index is 0.127. The zero-order valence-electron chi connectivity index (χ0n) is 22.5. The lowest BCUT2D eigenvalue weighted by Gasteiger charge is -2.30. The quantitative estimate of drug-likeness (QED) is 0.377. The van der Waals surface area contributed by atoms with Crippen molar-refractivity contribution in [3.8, 4) is 5.75 Å². The van der Waals surface area contributed by atoms with Crippen molar-refractivity contribution in [2.45, 2.75) is 44.4 Å². The Hall–Kier alpha value is -3.91. The molecule has 39 heavy (non-hydrogen) atoms. The first kappa shape index (κ1) is 28.1. The predicted octanol–water partition coefficient (Wildman–Crippen LogP) is 3.92. The Balaban J connectivity index is 1.43. The maximum atomic E-state index is 13.6. The highest BCUT2D eigenvalue weighted by Crippen LogP contribution is 2.20. The van der Waals surface area contributed by atoms with Gasteiger partial charge in [0.2, 0.25) is 11.8 Å². The van der Waals surface area contributed by atoms with Gasteiger partial charge in [0, 0.05) is 38.7 Å². The molecule has 204 valence electrons. The van der Waals surface area contributed by atoms with Crippen LogP contribution in [-0.4, -0.2) is 59.5 Å². The van der Waals surface area contributed by atoms with Gasteiger partial charge >= 0.3 is 0 Å². The summed E-state index contributed by atoms with van der Waals surface area (Å²) in [7, 11) is 3.42. The molecule has 3 aromatic carbocycles. The number of nitrogens with one attached hydrogen (secondary N) is 2. The summed E-state index contributed by atoms with van der Waals surface area (Å²) in [6.45, 7) is 1.64. The Labute approximate surface area is 236 Å². The predicted molar refractivity (Wildman–Crippen MR) is 157 cm³/mol. The summed E-state index contributed by atoms with van der Waals surface area (Å²) in [4.78, 5) is 30.8. The number of likely N-dealkylation sites (tertiary alicyclic amines) is 1. The van der Waals surface area contributed by atoms with Crippen LogP contribution < -0.4 is 15.4 Å². The van der Waals surface area contributed by atoms with Gasteiger partial charge in [-0.3, -0.25) is 9.59 Å². The van der Waals surface area contributed by atoms with Gasteiger partial charge < -0.3 is 25.2 Å². The molecular formula is C31H36N4O3S. The van der Waals surface area contributed by atoms with E-state index in [0.717, 1.165) is 28.9 Å². The summed E-state index contributed by atoms with van der Waals surface area (Å²) >= 11 is 5.69. The van der Waals surface area contributed by atoms with E-state index in [4.69, 9.17) is 17.0 Å². The zero-order chi connectivity index (χ0) is 27.6. The number of carbonyl (C=O) groups excluding carboxylic acids is 2. The van der Waals surface area contributed by atoms with Gasteiger partial charge in [-0.05, 0) is 42.3 Å². The molecular weight excluding hydrogens is 508 g/mol. The second-order valence-electron chi connectivity index (χ2n) is 9.75. The van der Waals surface area contributed by atoms with Crippen molar-refractivity contribution in [3.05, 3.63) is 102 Å². The van der Waals surface area contributed by atoms with Crippen LogP contribution in [0, 0.1) is 0 Å². The standard InChI is InChI=1S/C31H36N4O3S/c1-34(22-24-14-7-4-8-15-24)30(37)26(20-23-12-5-3-6-13-23)33-29(36)27-17-11-19-35(27)31(39)32-21-25-16-9-10-18-28(25)38-2/h3-10,12-16,18,26-27H,11,17,19-22H2,1-2H3,(H,32,39)(H,33,36)/t26-,27-/m0/s1. The van der Waals surface area contributed by atoms with Crippen molar-refractivity contribution >= 4 is 29.1 Å². The van der Waals surface area contributed by atoms with E-state index in [1.165, 1.54) is 0 Å². The molecule has 1 aliphatic rings. The average molecular weight is 545 g/mol. The van der Waals surface area contributed by atoms with Crippen LogP contribution >= 0.6 is 12.2 Å². The normalized spacial score (nSPS) is 15.3. The van der Waals surface area contributed by atoms with Crippen LogP contribution in [0.2, 0.25) is 0 Å². The van der Waals surface area contributed by atoms with Crippen LogP contribution in [0.1, 0.15) is 29.5 Å². The molecule has 2 atom stereocenters. The molecule has 0 aromatic heterocycles. The summed E-state index contributed by atoms with van der Waals surface area (Å²) < 4.78 is 5.44. The van der Waals surface area contributed by atoms with E-state index in [1.807, 2.05) is 89.8 Å². The summed E-state index contributed by atoms with van der Waals surface area (Å²) in [6, 6.07) is 26.2. The van der Waals surface area contributed by atoms with Crippen molar-refractivity contribution in [3.63, 3.8) is 0 Å². The SMILES string of the molecule is COc1ccccc1CNC(=S)N1CCC[C@H]1C(=O)N[C@@H](Cc1ccccc1)C(=O)N(C)Cc1ccccc1. The van der Waals surface area contributed by atoms with Crippen LogP contribution in [-0.2, 0) is 29.1 Å². The van der Waals surface area contributed by atoms with Crippen molar-refractivity contribution in [1.82, 2.24) is 20.4 Å². The number of amides is 2. The molecule has 1 heterocycles. The molecule has 1 fully saturated rings. The number of hydrogen-bond donors (Lipinski definition) is 2. The number of ether oxygens (including phenoxy) is 1. The topological polar surface area (TPSA) is 73.9 Å². The maximum absolute atomic E-state index is 13.6. The van der Waals surface area contributed by atoms with E-state index in [0.29, 0.717) is 37.6 Å². The number of hydrogen-bond acceptors (Lipinski definition) is 4. The van der Waals surface area contributed by atoms with E-state index in [-0.39, 0.29) is 11.8 Å². The second kappa shape index (κ2) is 13.8. The number of para-hydroxylation sites is 1. The van der Waals surface area contributed by atoms with E-state index in [9.17, 15) is 9.59 Å². The number of nitrogens with zero attached hydrogens (tertiary/aromatic N) is 2. The van der Waals surface area contributed by atoms with E-state index >= 15 is 0 Å². The smallest absolute Gasteiger partial charge is 0.245 e. The first-order valence-electron chi connectivity index (χ1n) is 13.3. The van der Waals surface area contributed by atoms with Gasteiger partial charge in [0.15, 0.2) is 5.11 Å². The van der Waals surface area contributed by atoms with Gasteiger partial charge in [0.05, 0.1) is 7.11 Å². The molecule has 2 amide bonds. The Morgan fingerprint density at radius 2 is 1.64 bits per heavy atom. The van der Waals surface area contributed by atoms with Gasteiger partial charge in [-0.15, -0.1) is 0 Å². The van der Waals surface area contributed by atoms with Crippen LogP contribution in [0.25, 0.3) is 0 Å². The number of methoxy groups -OCH3 is 1. The molecule has 2 N–H and O–H groups in total. The van der Waals surface area contributed by atoms with Crippen LogP contribution in [0.5, 0.6) is 5.75 Å². The number of benzene rings is 3. The third-order valence-electron chi connectivity index (χ3n) is 6.97. The lowest BCUT2D eigenvalue weighted by molar-refractivity contribution is -0.136. The molecule has 1 aliphatic heterocycles. The summed E-state index contributed by atoms with van der Waals surface area (Å²) in [5.74, 6) is 0.471. The molecule has 3 aromatic rings. The van der Waals surface area contributed by atoms with Gasteiger partial charge in [0.25, 0.3) is 0 Å². The van der Waals surface area contributed by atoms with Crippen LogP contribution in [0.15, 0.2) is 84.9 Å². The fourth-order valence-corrected chi connectivity index (χ4v) is 5.21. The molecule has 0 saturated carbocycles.